The van der Waals surface area contributed by atoms with E-state index in [2.05, 4.69) is 13.2 Å². The molecule has 0 heterocycles. The van der Waals surface area contributed by atoms with Crippen LogP contribution in [0.2, 0.25) is 0 Å². The first-order valence-corrected chi connectivity index (χ1v) is 18.6. The van der Waals surface area contributed by atoms with E-state index in [1.165, 1.54) is 0 Å². The molecule has 40 heavy (non-hydrogen) atoms. The Morgan fingerprint density at radius 3 is 0.700 bits per heavy atom. The summed E-state index contributed by atoms with van der Waals surface area (Å²) in [6.07, 6.45) is 0. The number of carbonyl (C=O) groups excluding carboxylic acids is 4. The van der Waals surface area contributed by atoms with Crippen molar-refractivity contribution in [1.82, 2.24) is 13.2 Å². The Hall–Kier alpha value is -3.64. The van der Waals surface area contributed by atoms with Crippen molar-refractivity contribution in [2.75, 3.05) is 0 Å². The van der Waals surface area contributed by atoms with Crippen LogP contribution >= 0.6 is 0 Å². The minimum Gasteiger partial charge on any atom is -1.00 e. The van der Waals surface area contributed by atoms with Gasteiger partial charge in [-0.3, -0.25) is 0 Å². The van der Waals surface area contributed by atoms with Crippen LogP contribution in [0.5, 0.6) is 0 Å². The van der Waals surface area contributed by atoms with Gasteiger partial charge in [-0.25, -0.2) is 0 Å². The first-order chi connectivity index (χ1) is 18.5. The molecule has 0 aromatic heterocycles. The number of hydrogen-bond donors (Lipinski definition) is 4. The molecule has 0 saturated heterocycles. The van der Waals surface area contributed by atoms with E-state index < -0.39 is 47.0 Å². The molecule has 0 radical (unpaired) electrons. The average molecular weight is 876 g/mol. The van der Waals surface area contributed by atoms with Crippen molar-refractivity contribution in [2.45, 2.75) is 0 Å². The number of hydrogen-bond acceptors (Lipinski definition) is 4. The maximum Gasteiger partial charge on any atom is -1.00 e. The molecular formula is C28H24F2Hf2N4O4. The van der Waals surface area contributed by atoms with Crippen LogP contribution in [-0.2, 0) is 47.0 Å². The van der Waals surface area contributed by atoms with Gasteiger partial charge >= 0.3 is 247 Å². The van der Waals surface area contributed by atoms with Gasteiger partial charge in [0, 0.05) is 0 Å². The summed E-state index contributed by atoms with van der Waals surface area (Å²) in [5.74, 6) is -0.510. The van der Waals surface area contributed by atoms with Crippen molar-refractivity contribution in [1.29, 1.82) is 0 Å². The number of carbonyl (C=O) groups is 4. The molecule has 4 N–H and O–H groups in total. The standard InChI is InChI=1S/4C7H7NO.2FH.2Hf/c4*8-7(9)6-4-2-1-3-5-6;;;;/h4*1-5H,(H2,8,9);2*1H;;/q;;;;;;2*+3/p-6. The van der Waals surface area contributed by atoms with E-state index in [1.807, 2.05) is 72.8 Å². The third-order valence-corrected chi connectivity index (χ3v) is 9.91. The van der Waals surface area contributed by atoms with Crippen LogP contribution in [-0.4, -0.2) is 23.6 Å². The van der Waals surface area contributed by atoms with E-state index in [9.17, 15) is 19.2 Å². The van der Waals surface area contributed by atoms with E-state index in [4.69, 9.17) is 0 Å². The molecular weight excluding hydrogens is 851 g/mol. The van der Waals surface area contributed by atoms with Gasteiger partial charge in [-0.2, -0.15) is 0 Å². The van der Waals surface area contributed by atoms with Crippen LogP contribution < -0.4 is 22.6 Å². The molecule has 0 fully saturated rings. The maximum atomic E-state index is 11.7. The monoisotopic (exact) mass is 878 g/mol. The molecule has 12 heteroatoms. The zero-order valence-corrected chi connectivity index (χ0v) is 28.1. The number of amides is 4. The normalized spacial score (nSPS) is 8.80. The molecule has 0 unspecified atom stereocenters. The number of halogens is 2. The Balaban J connectivity index is 0.000000381. The van der Waals surface area contributed by atoms with Crippen molar-refractivity contribution in [2.24, 2.45) is 0 Å². The second-order valence-corrected chi connectivity index (χ2v) is 12.9. The van der Waals surface area contributed by atoms with Gasteiger partial charge in [-0.1, -0.05) is 0 Å². The summed E-state index contributed by atoms with van der Waals surface area (Å²) >= 11 is -3.36. The Morgan fingerprint density at radius 1 is 0.350 bits per heavy atom. The molecule has 8 nitrogen and oxygen atoms in total. The molecule has 0 aliphatic rings. The van der Waals surface area contributed by atoms with Crippen molar-refractivity contribution in [3.05, 3.63) is 144 Å². The SMILES string of the molecule is O=C([NH][Hf+][NH]C(=O)c1ccccc1)c1ccccc1.O=C([NH][Hf+][NH]C(=O)c1ccccc1)c1ccccc1.[F-].[F-]. The molecule has 4 rings (SSSR count). The van der Waals surface area contributed by atoms with Gasteiger partial charge in [0.1, 0.15) is 0 Å². The zero-order valence-electron chi connectivity index (χ0n) is 20.9. The van der Waals surface area contributed by atoms with Gasteiger partial charge in [0.15, 0.2) is 0 Å². The van der Waals surface area contributed by atoms with Crippen LogP contribution in [0, 0.1) is 0 Å². The quantitative estimate of drug-likeness (QED) is 0.147. The fourth-order valence-corrected chi connectivity index (χ4v) is 7.09. The van der Waals surface area contributed by atoms with E-state index >= 15 is 0 Å². The number of nitrogens with one attached hydrogen (secondary N) is 4. The van der Waals surface area contributed by atoms with Crippen LogP contribution in [0.1, 0.15) is 41.4 Å². The summed E-state index contributed by atoms with van der Waals surface area (Å²) < 4.78 is 11.3. The maximum absolute atomic E-state index is 11.7. The molecule has 4 amide bonds. The summed E-state index contributed by atoms with van der Waals surface area (Å²) in [5.41, 5.74) is 2.46. The molecule has 4 aromatic carbocycles. The summed E-state index contributed by atoms with van der Waals surface area (Å²) in [7, 11) is 0. The summed E-state index contributed by atoms with van der Waals surface area (Å²) in [6.45, 7) is 0. The van der Waals surface area contributed by atoms with Crippen LogP contribution in [0.25, 0.3) is 0 Å². The number of benzene rings is 4. The third kappa shape index (κ3) is 12.0. The first kappa shape index (κ1) is 34.4. The van der Waals surface area contributed by atoms with E-state index in [0.29, 0.717) is 22.3 Å². The van der Waals surface area contributed by atoms with Crippen LogP contribution in [0.3, 0.4) is 0 Å². The minimum atomic E-state index is -1.68. The molecule has 4 aromatic rings. The predicted molar refractivity (Wildman–Crippen MR) is 136 cm³/mol. The van der Waals surface area contributed by atoms with Gasteiger partial charge in [-0.15, -0.1) is 0 Å². The summed E-state index contributed by atoms with van der Waals surface area (Å²) in [4.78, 5) is 47.0. The Morgan fingerprint density at radius 2 is 0.525 bits per heavy atom. The molecule has 202 valence electrons. The van der Waals surface area contributed by atoms with Crippen molar-refractivity contribution >= 4 is 23.6 Å². The van der Waals surface area contributed by atoms with Crippen molar-refractivity contribution in [3.8, 4) is 0 Å². The molecule has 0 atom stereocenters. The van der Waals surface area contributed by atoms with Gasteiger partial charge in [0.2, 0.25) is 0 Å². The Bertz CT molecular complexity index is 1130. The smallest absolute Gasteiger partial charge is 1.00 e. The van der Waals surface area contributed by atoms with Gasteiger partial charge in [0.25, 0.3) is 0 Å². The minimum absolute atomic E-state index is 0. The fraction of sp³-hybridized carbons (Fsp3) is 0. The Labute approximate surface area is 254 Å². The zero-order chi connectivity index (χ0) is 27.0. The topological polar surface area (TPSA) is 116 Å². The van der Waals surface area contributed by atoms with E-state index in [0.717, 1.165) is 0 Å². The van der Waals surface area contributed by atoms with Gasteiger partial charge in [0.05, 0.1) is 0 Å². The summed E-state index contributed by atoms with van der Waals surface area (Å²) in [6, 6.07) is 35.9. The second-order valence-electron chi connectivity index (χ2n) is 7.53. The largest absolute Gasteiger partial charge is 1.00 e. The second kappa shape index (κ2) is 19.4. The molecule has 0 saturated carbocycles. The summed E-state index contributed by atoms with van der Waals surface area (Å²) in [5, 5.41) is 0. The van der Waals surface area contributed by atoms with E-state index in [-0.39, 0.29) is 33.0 Å². The molecule has 0 aliphatic heterocycles. The average Bonchev–Trinajstić information content (AvgIpc) is 2.99. The molecule has 0 bridgehead atoms. The third-order valence-electron chi connectivity index (χ3n) is 4.85. The fourth-order valence-electron chi connectivity index (χ4n) is 2.94. The van der Waals surface area contributed by atoms with Gasteiger partial charge in [-0.05, 0) is 0 Å². The van der Waals surface area contributed by atoms with E-state index in [1.54, 1.807) is 48.5 Å². The van der Waals surface area contributed by atoms with Crippen molar-refractivity contribution in [3.63, 3.8) is 0 Å². The molecule has 0 aliphatic carbocycles. The predicted octanol–water partition coefficient (Wildman–Crippen LogP) is -2.47. The first-order valence-electron chi connectivity index (χ1n) is 11.5. The van der Waals surface area contributed by atoms with Crippen molar-refractivity contribution < 1.29 is 75.6 Å². The van der Waals surface area contributed by atoms with Crippen LogP contribution in [0.15, 0.2) is 121 Å². The van der Waals surface area contributed by atoms with Crippen LogP contribution in [0.4, 0.5) is 0 Å². The molecule has 0 spiro atoms. The Kier molecular flexibility index (Phi) is 16.7. The number of rotatable bonds is 8. The van der Waals surface area contributed by atoms with Gasteiger partial charge < -0.3 is 9.41 Å².